The van der Waals surface area contributed by atoms with E-state index in [9.17, 15) is 14.4 Å². The summed E-state index contributed by atoms with van der Waals surface area (Å²) in [4.78, 5) is 39.0. The smallest absolute Gasteiger partial charge is 0.418 e. The first-order valence-corrected chi connectivity index (χ1v) is 12.9. The second-order valence-electron chi connectivity index (χ2n) is 10.4. The summed E-state index contributed by atoms with van der Waals surface area (Å²) in [5.74, 6) is 5.16. The average molecular weight is 558 g/mol. The van der Waals surface area contributed by atoms with Gasteiger partial charge in [-0.1, -0.05) is 32.0 Å². The maximum atomic E-state index is 12.0. The molecule has 0 aliphatic heterocycles. The maximum absolute atomic E-state index is 12.0. The molecule has 0 saturated carbocycles. The minimum absolute atomic E-state index is 0.149. The van der Waals surface area contributed by atoms with Gasteiger partial charge in [0.1, 0.15) is 23.6 Å². The molecule has 220 valence electrons. The lowest BCUT2D eigenvalue weighted by molar-refractivity contribution is -0.115. The van der Waals surface area contributed by atoms with E-state index >= 15 is 0 Å². The number of carbonyl (C=O) groups excluding carboxylic acids is 3. The number of nitrogens with two attached hydrogens (primary N) is 2. The van der Waals surface area contributed by atoms with Crippen LogP contribution < -0.4 is 27.6 Å². The van der Waals surface area contributed by atoms with Gasteiger partial charge in [0.2, 0.25) is 5.91 Å². The lowest BCUT2D eigenvalue weighted by Gasteiger charge is -2.19. The van der Waals surface area contributed by atoms with E-state index in [0.29, 0.717) is 5.69 Å². The quantitative estimate of drug-likeness (QED) is 0.214. The molecule has 12 nitrogen and oxygen atoms in total. The van der Waals surface area contributed by atoms with Crippen molar-refractivity contribution in [3.63, 3.8) is 0 Å². The standard InChI is InChI=1S/C14H17NO2.C12H20N6O3.C2H6/c1-10-9-15(13(16)17-14(2,3)4)12-8-6-5-7-11(10)12;1-12(2,3)21-11(20)15-6-9(19)16-8-5-4-7(18-14)10(13)17-8;1-2/h5-9H,1-4H3;4-5,18H,6,14H2,1-3H3,(H,15,20)(H3,13,16,17,19);1-2H3. The highest BCUT2D eigenvalue weighted by atomic mass is 16.6. The molecular weight excluding hydrogens is 514 g/mol. The van der Waals surface area contributed by atoms with Crippen LogP contribution in [0.1, 0.15) is 61.0 Å². The molecule has 0 spiro atoms. The molecule has 3 aromatic rings. The number of pyridine rings is 1. The third-order valence-corrected chi connectivity index (χ3v) is 4.64. The molecule has 0 atom stereocenters. The topological polar surface area (TPSA) is 176 Å². The normalized spacial score (nSPS) is 10.8. The molecule has 0 aliphatic rings. The van der Waals surface area contributed by atoms with Gasteiger partial charge in [0.15, 0.2) is 5.82 Å². The molecule has 0 fully saturated rings. The SMILES string of the molecule is CC.CC(C)(C)OC(=O)NCC(=O)Nc1ccc(NN)c(N)n1.Cc1cn(C(=O)OC(C)(C)C)c2ccccc12. The molecule has 1 aromatic carbocycles. The lowest BCUT2D eigenvalue weighted by Crippen LogP contribution is -2.37. The fourth-order valence-electron chi connectivity index (χ4n) is 3.13. The number of alkyl carbamates (subject to hydrolysis) is 1. The van der Waals surface area contributed by atoms with Crippen LogP contribution >= 0.6 is 0 Å². The van der Waals surface area contributed by atoms with Crippen LogP contribution in [0.15, 0.2) is 42.6 Å². The number of benzene rings is 1. The van der Waals surface area contributed by atoms with E-state index in [1.807, 2.05) is 72.0 Å². The van der Waals surface area contributed by atoms with E-state index in [-0.39, 0.29) is 24.3 Å². The van der Waals surface area contributed by atoms with Crippen molar-refractivity contribution in [2.45, 2.75) is 73.5 Å². The highest BCUT2D eigenvalue weighted by molar-refractivity contribution is 5.93. The molecule has 0 bridgehead atoms. The number of aromatic nitrogens is 2. The van der Waals surface area contributed by atoms with E-state index in [4.69, 9.17) is 21.1 Å². The summed E-state index contributed by atoms with van der Waals surface area (Å²) in [6.45, 7) is 16.5. The predicted molar refractivity (Wildman–Crippen MR) is 159 cm³/mol. The first-order valence-electron chi connectivity index (χ1n) is 12.9. The van der Waals surface area contributed by atoms with E-state index in [1.165, 1.54) is 6.07 Å². The minimum Gasteiger partial charge on any atom is -0.444 e. The fraction of sp³-hybridized carbons (Fsp3) is 0.429. The monoisotopic (exact) mass is 557 g/mol. The summed E-state index contributed by atoms with van der Waals surface area (Å²) in [7, 11) is 0. The molecule has 3 rings (SSSR count). The van der Waals surface area contributed by atoms with Crippen molar-refractivity contribution in [1.29, 1.82) is 0 Å². The van der Waals surface area contributed by atoms with Gasteiger partial charge in [-0.15, -0.1) is 0 Å². The Morgan fingerprint density at radius 3 is 2.10 bits per heavy atom. The van der Waals surface area contributed by atoms with Crippen LogP contribution in [-0.2, 0) is 14.3 Å². The first kappa shape index (κ1) is 33.7. The Hall–Kier alpha value is -4.32. The number of carbonyl (C=O) groups is 3. The van der Waals surface area contributed by atoms with Crippen LogP contribution in [0.4, 0.5) is 26.9 Å². The third kappa shape index (κ3) is 11.2. The van der Waals surface area contributed by atoms with Crippen LogP contribution in [-0.4, -0.2) is 45.4 Å². The predicted octanol–water partition coefficient (Wildman–Crippen LogP) is 5.17. The number of fused-ring (bicyclic) bond motifs is 1. The van der Waals surface area contributed by atoms with Crippen molar-refractivity contribution in [3.05, 3.63) is 48.2 Å². The van der Waals surface area contributed by atoms with Gasteiger partial charge in [0.05, 0.1) is 11.2 Å². The third-order valence-electron chi connectivity index (χ3n) is 4.64. The molecule has 12 heteroatoms. The first-order chi connectivity index (χ1) is 18.6. The zero-order chi connectivity index (χ0) is 30.7. The Bertz CT molecular complexity index is 1290. The Morgan fingerprint density at radius 1 is 0.950 bits per heavy atom. The van der Waals surface area contributed by atoms with Crippen LogP contribution in [0.25, 0.3) is 10.9 Å². The fourth-order valence-corrected chi connectivity index (χ4v) is 3.13. The molecule has 0 unspecified atom stereocenters. The number of hydrogen-bond acceptors (Lipinski definition) is 9. The van der Waals surface area contributed by atoms with Gasteiger partial charge in [-0.05, 0) is 72.2 Å². The number of nitrogens with one attached hydrogen (secondary N) is 3. The number of nitrogens with zero attached hydrogens (tertiary/aromatic N) is 2. The van der Waals surface area contributed by atoms with E-state index < -0.39 is 23.2 Å². The van der Waals surface area contributed by atoms with Gasteiger partial charge >= 0.3 is 12.2 Å². The van der Waals surface area contributed by atoms with Crippen LogP contribution in [0.3, 0.4) is 0 Å². The highest BCUT2D eigenvalue weighted by Crippen LogP contribution is 2.22. The molecule has 0 radical (unpaired) electrons. The van der Waals surface area contributed by atoms with Crippen molar-refractivity contribution >= 4 is 46.3 Å². The Balaban J connectivity index is 0.000000383. The van der Waals surface area contributed by atoms with Gasteiger partial charge in [-0.25, -0.2) is 14.6 Å². The molecule has 2 amide bonds. The molecule has 0 saturated heterocycles. The average Bonchev–Trinajstić information content (AvgIpc) is 3.19. The number of aryl methyl sites for hydroxylation is 1. The minimum atomic E-state index is -0.673. The second-order valence-corrected chi connectivity index (χ2v) is 10.4. The van der Waals surface area contributed by atoms with E-state index in [0.717, 1.165) is 16.5 Å². The van der Waals surface area contributed by atoms with Gasteiger partial charge in [-0.3, -0.25) is 15.2 Å². The second kappa shape index (κ2) is 14.7. The van der Waals surface area contributed by atoms with Gasteiger partial charge in [0, 0.05) is 11.6 Å². The van der Waals surface area contributed by atoms with E-state index in [2.05, 4.69) is 21.0 Å². The highest BCUT2D eigenvalue weighted by Gasteiger charge is 2.20. The van der Waals surface area contributed by atoms with Gasteiger partial charge < -0.3 is 31.3 Å². The summed E-state index contributed by atoms with van der Waals surface area (Å²) in [6, 6.07) is 10.9. The summed E-state index contributed by atoms with van der Waals surface area (Å²) < 4.78 is 11.9. The van der Waals surface area contributed by atoms with Crippen molar-refractivity contribution < 1.29 is 23.9 Å². The molecular formula is C28H43N7O5. The number of anilines is 3. The van der Waals surface area contributed by atoms with Crippen LogP contribution in [0.2, 0.25) is 0 Å². The molecule has 2 heterocycles. The van der Waals surface area contributed by atoms with Gasteiger partial charge in [0.25, 0.3) is 0 Å². The zero-order valence-corrected chi connectivity index (χ0v) is 24.8. The summed E-state index contributed by atoms with van der Waals surface area (Å²) in [6.07, 6.45) is 0.813. The number of para-hydroxylation sites is 1. The Kier molecular flexibility index (Phi) is 12.4. The van der Waals surface area contributed by atoms with E-state index in [1.54, 1.807) is 31.4 Å². The van der Waals surface area contributed by atoms with Gasteiger partial charge in [-0.2, -0.15) is 0 Å². The lowest BCUT2D eigenvalue weighted by atomic mass is 10.2. The number of hydrogen-bond donors (Lipinski definition) is 5. The molecule has 0 aliphatic carbocycles. The number of rotatable bonds is 4. The Labute approximate surface area is 235 Å². The summed E-state index contributed by atoms with van der Waals surface area (Å²) in [5, 5.41) is 5.90. The Morgan fingerprint density at radius 2 is 1.55 bits per heavy atom. The van der Waals surface area contributed by atoms with Crippen LogP contribution in [0, 0.1) is 6.92 Å². The maximum Gasteiger partial charge on any atom is 0.418 e. The van der Waals surface area contributed by atoms with Crippen molar-refractivity contribution in [2.75, 3.05) is 23.0 Å². The largest absolute Gasteiger partial charge is 0.444 e. The zero-order valence-electron chi connectivity index (χ0n) is 24.8. The van der Waals surface area contributed by atoms with Crippen molar-refractivity contribution in [2.24, 2.45) is 5.84 Å². The summed E-state index contributed by atoms with van der Waals surface area (Å²) >= 11 is 0. The molecule has 40 heavy (non-hydrogen) atoms. The molecule has 2 aromatic heterocycles. The summed E-state index contributed by atoms with van der Waals surface area (Å²) in [5.41, 5.74) is 9.28. The van der Waals surface area contributed by atoms with Crippen molar-refractivity contribution in [3.8, 4) is 0 Å². The number of amides is 2. The van der Waals surface area contributed by atoms with Crippen LogP contribution in [0.5, 0.6) is 0 Å². The number of hydrazine groups is 1. The molecule has 7 N–H and O–H groups in total. The number of ether oxygens (including phenoxy) is 2. The number of nitrogen functional groups attached to an aromatic ring is 2. The van der Waals surface area contributed by atoms with Crippen molar-refractivity contribution in [1.82, 2.24) is 14.9 Å².